The van der Waals surface area contributed by atoms with Crippen molar-refractivity contribution < 1.29 is 14.6 Å². The van der Waals surface area contributed by atoms with Crippen LogP contribution in [0.25, 0.3) is 0 Å². The quantitative estimate of drug-likeness (QED) is 0.753. The van der Waals surface area contributed by atoms with E-state index in [4.69, 9.17) is 4.74 Å². The van der Waals surface area contributed by atoms with Gasteiger partial charge in [-0.15, -0.1) is 0 Å². The Labute approximate surface area is 110 Å². The number of rotatable bonds is 7. The minimum atomic E-state index is -0.703. The molecule has 1 N–H and O–H groups in total. The summed E-state index contributed by atoms with van der Waals surface area (Å²) < 4.78 is 5.17. The van der Waals surface area contributed by atoms with Crippen molar-refractivity contribution in [3.8, 4) is 0 Å². The van der Waals surface area contributed by atoms with E-state index in [2.05, 4.69) is 4.90 Å². The second-order valence-electron chi connectivity index (χ2n) is 6.06. The summed E-state index contributed by atoms with van der Waals surface area (Å²) in [5, 5.41) is 10.3. The number of aliphatic hydroxyl groups is 1. The van der Waals surface area contributed by atoms with Crippen molar-refractivity contribution in [2.24, 2.45) is 0 Å². The molecule has 106 valence electrons. The number of carbonyl (C=O) groups excluding carboxylic acids is 1. The molecule has 18 heavy (non-hydrogen) atoms. The smallest absolute Gasteiger partial charge is 0.165 e. The maximum atomic E-state index is 11.9. The predicted octanol–water partition coefficient (Wildman–Crippen LogP) is 1.61. The number of likely N-dealkylation sites (N-methyl/N-ethyl adjacent to an activating group) is 1. The molecule has 1 fully saturated rings. The number of hydrogen-bond donors (Lipinski definition) is 1. The van der Waals surface area contributed by atoms with E-state index in [0.29, 0.717) is 19.5 Å². The Morgan fingerprint density at radius 1 is 1.39 bits per heavy atom. The van der Waals surface area contributed by atoms with E-state index in [1.54, 1.807) is 21.0 Å². The highest BCUT2D eigenvalue weighted by Gasteiger charge is 2.32. The first-order valence-electron chi connectivity index (χ1n) is 6.78. The first-order chi connectivity index (χ1) is 8.29. The second-order valence-corrected chi connectivity index (χ2v) is 6.06. The van der Waals surface area contributed by atoms with Crippen molar-refractivity contribution in [1.29, 1.82) is 0 Å². The summed E-state index contributed by atoms with van der Waals surface area (Å²) in [7, 11) is 3.52. The topological polar surface area (TPSA) is 49.8 Å². The Morgan fingerprint density at radius 2 is 1.94 bits per heavy atom. The van der Waals surface area contributed by atoms with Crippen LogP contribution < -0.4 is 0 Å². The van der Waals surface area contributed by atoms with Gasteiger partial charge in [-0.05, 0) is 33.7 Å². The number of hydrogen-bond acceptors (Lipinski definition) is 4. The minimum Gasteiger partial charge on any atom is -0.389 e. The molecular formula is C14H27NO3. The average molecular weight is 257 g/mol. The molecule has 0 atom stereocenters. The molecule has 0 spiro atoms. The summed E-state index contributed by atoms with van der Waals surface area (Å²) in [5.74, 6) is 0.107. The Hall–Kier alpha value is -0.450. The van der Waals surface area contributed by atoms with E-state index in [1.165, 1.54) is 0 Å². The van der Waals surface area contributed by atoms with Crippen LogP contribution >= 0.6 is 0 Å². The number of Topliss-reactive ketones (excluding diaryl/α,β-unsaturated/α-hetero) is 1. The zero-order valence-corrected chi connectivity index (χ0v) is 12.2. The molecule has 1 aliphatic carbocycles. The molecule has 0 aromatic heterocycles. The van der Waals surface area contributed by atoms with E-state index in [0.717, 1.165) is 25.7 Å². The summed E-state index contributed by atoms with van der Waals surface area (Å²) in [6.07, 6.45) is 4.46. The molecule has 0 amide bonds. The van der Waals surface area contributed by atoms with E-state index >= 15 is 0 Å². The number of carbonyl (C=O) groups is 1. The molecule has 1 rings (SSSR count). The lowest BCUT2D eigenvalue weighted by Crippen LogP contribution is -2.41. The van der Waals surface area contributed by atoms with E-state index < -0.39 is 11.2 Å². The van der Waals surface area contributed by atoms with Gasteiger partial charge in [0.15, 0.2) is 5.78 Å². The van der Waals surface area contributed by atoms with Gasteiger partial charge in [-0.1, -0.05) is 12.8 Å². The van der Waals surface area contributed by atoms with Crippen LogP contribution in [0.15, 0.2) is 0 Å². The SMILES string of the molecule is COC(C)(C)C(=O)CCN(C)CC1(O)CCCC1. The van der Waals surface area contributed by atoms with Gasteiger partial charge in [0, 0.05) is 26.6 Å². The lowest BCUT2D eigenvalue weighted by Gasteiger charge is -2.29. The van der Waals surface area contributed by atoms with Crippen LogP contribution in [0.3, 0.4) is 0 Å². The zero-order chi connectivity index (χ0) is 13.8. The van der Waals surface area contributed by atoms with Crippen molar-refractivity contribution >= 4 is 5.78 Å². The van der Waals surface area contributed by atoms with Crippen LogP contribution in [0.4, 0.5) is 0 Å². The first-order valence-corrected chi connectivity index (χ1v) is 6.78. The molecule has 0 radical (unpaired) electrons. The van der Waals surface area contributed by atoms with Crippen molar-refractivity contribution in [3.63, 3.8) is 0 Å². The molecule has 4 nitrogen and oxygen atoms in total. The van der Waals surface area contributed by atoms with Crippen molar-refractivity contribution in [2.45, 2.75) is 57.2 Å². The van der Waals surface area contributed by atoms with E-state index in [1.807, 2.05) is 7.05 Å². The van der Waals surface area contributed by atoms with Gasteiger partial charge in [0.2, 0.25) is 0 Å². The molecule has 0 bridgehead atoms. The first kappa shape index (κ1) is 15.6. The van der Waals surface area contributed by atoms with Crippen LogP contribution in [0.5, 0.6) is 0 Å². The third kappa shape index (κ3) is 4.34. The number of methoxy groups -OCH3 is 1. The summed E-state index contributed by atoms with van der Waals surface area (Å²) in [5.41, 5.74) is -1.24. The number of ketones is 1. The lowest BCUT2D eigenvalue weighted by atomic mass is 9.99. The van der Waals surface area contributed by atoms with Gasteiger partial charge in [0.1, 0.15) is 5.60 Å². The summed E-state index contributed by atoms with van der Waals surface area (Å²) in [4.78, 5) is 14.0. The standard InChI is InChI=1S/C14H27NO3/c1-13(2,18-4)12(16)7-10-15(3)11-14(17)8-5-6-9-14/h17H,5-11H2,1-4H3. The minimum absolute atomic E-state index is 0.107. The fraction of sp³-hybridized carbons (Fsp3) is 0.929. The van der Waals surface area contributed by atoms with Gasteiger partial charge in [0.25, 0.3) is 0 Å². The van der Waals surface area contributed by atoms with Gasteiger partial charge in [-0.2, -0.15) is 0 Å². The summed E-state index contributed by atoms with van der Waals surface area (Å²) in [6.45, 7) is 4.92. The lowest BCUT2D eigenvalue weighted by molar-refractivity contribution is -0.137. The van der Waals surface area contributed by atoms with Crippen LogP contribution in [0.2, 0.25) is 0 Å². The van der Waals surface area contributed by atoms with E-state index in [-0.39, 0.29) is 5.78 Å². The molecular weight excluding hydrogens is 230 g/mol. The molecule has 0 aromatic rings. The number of ether oxygens (including phenoxy) is 1. The maximum absolute atomic E-state index is 11.9. The van der Waals surface area contributed by atoms with E-state index in [9.17, 15) is 9.90 Å². The predicted molar refractivity (Wildman–Crippen MR) is 71.6 cm³/mol. The molecule has 1 aliphatic rings. The summed E-state index contributed by atoms with van der Waals surface area (Å²) in [6, 6.07) is 0. The Balaban J connectivity index is 2.33. The van der Waals surface area contributed by atoms with Gasteiger partial charge in [-0.3, -0.25) is 4.79 Å². The third-order valence-corrected chi connectivity index (χ3v) is 4.00. The Morgan fingerprint density at radius 3 is 2.44 bits per heavy atom. The van der Waals surface area contributed by atoms with Crippen LogP contribution in [-0.4, -0.2) is 54.2 Å². The highest BCUT2D eigenvalue weighted by molar-refractivity contribution is 5.86. The van der Waals surface area contributed by atoms with Gasteiger partial charge in [-0.25, -0.2) is 0 Å². The Bertz CT molecular complexity index is 283. The zero-order valence-electron chi connectivity index (χ0n) is 12.2. The van der Waals surface area contributed by atoms with Crippen LogP contribution in [-0.2, 0) is 9.53 Å². The molecule has 4 heteroatoms. The molecule has 0 unspecified atom stereocenters. The molecule has 0 heterocycles. The van der Waals surface area contributed by atoms with Crippen molar-refractivity contribution in [3.05, 3.63) is 0 Å². The fourth-order valence-corrected chi connectivity index (χ4v) is 2.48. The van der Waals surface area contributed by atoms with Crippen molar-refractivity contribution in [2.75, 3.05) is 27.2 Å². The van der Waals surface area contributed by atoms with Crippen molar-refractivity contribution in [1.82, 2.24) is 4.90 Å². The highest BCUT2D eigenvalue weighted by atomic mass is 16.5. The average Bonchev–Trinajstić information content (AvgIpc) is 2.72. The monoisotopic (exact) mass is 257 g/mol. The van der Waals surface area contributed by atoms with Gasteiger partial charge >= 0.3 is 0 Å². The molecule has 0 aliphatic heterocycles. The Kier molecular flexibility index (Phi) is 5.32. The second kappa shape index (κ2) is 6.13. The molecule has 1 saturated carbocycles. The largest absolute Gasteiger partial charge is 0.389 e. The fourth-order valence-electron chi connectivity index (χ4n) is 2.48. The van der Waals surface area contributed by atoms with Gasteiger partial charge in [0.05, 0.1) is 5.60 Å². The normalized spacial score (nSPS) is 19.4. The molecule has 0 aromatic carbocycles. The maximum Gasteiger partial charge on any atom is 0.165 e. The molecule has 0 saturated heterocycles. The number of nitrogens with zero attached hydrogens (tertiary/aromatic N) is 1. The summed E-state index contributed by atoms with van der Waals surface area (Å²) >= 11 is 0. The van der Waals surface area contributed by atoms with Crippen LogP contribution in [0, 0.1) is 0 Å². The van der Waals surface area contributed by atoms with Gasteiger partial charge < -0.3 is 14.7 Å². The highest BCUT2D eigenvalue weighted by Crippen LogP contribution is 2.29. The third-order valence-electron chi connectivity index (χ3n) is 4.00. The van der Waals surface area contributed by atoms with Crippen LogP contribution in [0.1, 0.15) is 46.0 Å².